The van der Waals surface area contributed by atoms with Crippen LogP contribution >= 0.6 is 0 Å². The second-order valence-electron chi connectivity index (χ2n) is 9.65. The molecule has 4 aromatic carbocycles. The average molecular weight is 569 g/mol. The number of esters is 1. The molecule has 4 N–H and O–H groups in total. The van der Waals surface area contributed by atoms with Gasteiger partial charge in [0.05, 0.1) is 23.7 Å². The molecule has 0 radical (unpaired) electrons. The van der Waals surface area contributed by atoms with Gasteiger partial charge >= 0.3 is 12.0 Å². The number of H-pyrrole nitrogens is 1. The molecule has 0 spiro atoms. The number of carbonyl (C=O) groups excluding carboxylic acids is 2. The van der Waals surface area contributed by atoms with Crippen molar-refractivity contribution >= 4 is 45.8 Å². The quantitative estimate of drug-likeness (QED) is 0.139. The van der Waals surface area contributed by atoms with Gasteiger partial charge in [0.1, 0.15) is 11.4 Å². The van der Waals surface area contributed by atoms with Crippen LogP contribution in [0.2, 0.25) is 0 Å². The Labute approximate surface area is 248 Å². The molecule has 0 unspecified atom stereocenters. The summed E-state index contributed by atoms with van der Waals surface area (Å²) in [5.74, 6) is 0.283. The minimum Gasteiger partial charge on any atom is -0.462 e. The molecule has 2 aromatic heterocycles. The third-order valence-electron chi connectivity index (χ3n) is 6.83. The zero-order valence-corrected chi connectivity index (χ0v) is 23.3. The molecule has 0 aliphatic heterocycles. The molecular formula is C34H28N6O3. The molecule has 9 heteroatoms. The zero-order chi connectivity index (χ0) is 29.6. The third kappa shape index (κ3) is 6.06. The summed E-state index contributed by atoms with van der Waals surface area (Å²) in [7, 11) is 0. The van der Waals surface area contributed by atoms with Crippen LogP contribution in [-0.2, 0) is 4.74 Å². The van der Waals surface area contributed by atoms with Gasteiger partial charge in [0, 0.05) is 17.3 Å². The van der Waals surface area contributed by atoms with Crippen LogP contribution in [0.5, 0.6) is 0 Å². The van der Waals surface area contributed by atoms with Crippen LogP contribution in [0.25, 0.3) is 33.2 Å². The van der Waals surface area contributed by atoms with Gasteiger partial charge in [-0.05, 0) is 53.6 Å². The SMILES string of the molecule is CCOC(=O)c1c(-c2ccc3ccccc3c2)c[nH]c1Nc1ccccc1NC(=O)Nc1ccc(-c2ccccc2)nn1. The van der Waals surface area contributed by atoms with Crippen molar-refractivity contribution in [1.82, 2.24) is 15.2 Å². The molecule has 6 aromatic rings. The van der Waals surface area contributed by atoms with Crippen LogP contribution in [0.15, 0.2) is 115 Å². The van der Waals surface area contributed by atoms with E-state index in [9.17, 15) is 9.59 Å². The molecule has 0 fully saturated rings. The van der Waals surface area contributed by atoms with Crippen LogP contribution in [0.4, 0.5) is 27.8 Å². The molecule has 9 nitrogen and oxygen atoms in total. The molecule has 0 aliphatic carbocycles. The maximum atomic E-state index is 13.2. The standard InChI is InChI=1S/C34H28N6O3/c1-2-43-33(41)31-26(25-17-16-22-10-6-7-13-24(22)20-25)21-35-32(31)36-28-14-8-9-15-29(28)37-34(42)38-30-19-18-27(39-40-30)23-11-4-3-5-12-23/h3-21,35-36H,2H2,1H3,(H2,37,38,40,42). The molecule has 0 saturated heterocycles. The van der Waals surface area contributed by atoms with Crippen molar-refractivity contribution in [1.29, 1.82) is 0 Å². The molecule has 212 valence electrons. The number of hydrogen-bond donors (Lipinski definition) is 4. The van der Waals surface area contributed by atoms with Gasteiger partial charge in [-0.15, -0.1) is 10.2 Å². The first-order valence-corrected chi connectivity index (χ1v) is 13.8. The minimum absolute atomic E-state index is 0.230. The van der Waals surface area contributed by atoms with E-state index in [4.69, 9.17) is 4.74 Å². The number of urea groups is 1. The van der Waals surface area contributed by atoms with Gasteiger partial charge < -0.3 is 20.4 Å². The second-order valence-corrected chi connectivity index (χ2v) is 9.65. The highest BCUT2D eigenvalue weighted by Crippen LogP contribution is 2.35. The van der Waals surface area contributed by atoms with E-state index in [0.717, 1.165) is 21.9 Å². The third-order valence-corrected chi connectivity index (χ3v) is 6.83. The predicted octanol–water partition coefficient (Wildman–Crippen LogP) is 7.86. The van der Waals surface area contributed by atoms with Gasteiger partial charge in [0.2, 0.25) is 0 Å². The Balaban J connectivity index is 1.23. The van der Waals surface area contributed by atoms with Crippen molar-refractivity contribution in [3.8, 4) is 22.4 Å². The van der Waals surface area contributed by atoms with E-state index >= 15 is 0 Å². The van der Waals surface area contributed by atoms with E-state index < -0.39 is 12.0 Å². The first kappa shape index (κ1) is 27.2. The summed E-state index contributed by atoms with van der Waals surface area (Å²) in [5, 5.41) is 19.3. The van der Waals surface area contributed by atoms with E-state index in [1.54, 1.807) is 43.5 Å². The molecule has 2 heterocycles. The van der Waals surface area contributed by atoms with E-state index in [1.807, 2.05) is 78.9 Å². The second kappa shape index (κ2) is 12.3. The van der Waals surface area contributed by atoms with E-state index in [-0.39, 0.29) is 6.61 Å². The van der Waals surface area contributed by atoms with Crippen LogP contribution < -0.4 is 16.0 Å². The molecule has 6 rings (SSSR count). The van der Waals surface area contributed by atoms with Gasteiger partial charge in [-0.1, -0.05) is 78.9 Å². The fraction of sp³-hybridized carbons (Fsp3) is 0.0588. The maximum Gasteiger partial charge on any atom is 0.342 e. The van der Waals surface area contributed by atoms with Crippen molar-refractivity contribution < 1.29 is 14.3 Å². The monoisotopic (exact) mass is 568 g/mol. The van der Waals surface area contributed by atoms with Crippen LogP contribution in [0, 0.1) is 0 Å². The van der Waals surface area contributed by atoms with Crippen molar-refractivity contribution in [3.63, 3.8) is 0 Å². The number of carbonyl (C=O) groups is 2. The van der Waals surface area contributed by atoms with Crippen molar-refractivity contribution in [2.45, 2.75) is 6.92 Å². The summed E-state index contributed by atoms with van der Waals surface area (Å²) >= 11 is 0. The Morgan fingerprint density at radius 3 is 2.26 bits per heavy atom. The van der Waals surface area contributed by atoms with E-state index in [1.165, 1.54) is 0 Å². The first-order valence-electron chi connectivity index (χ1n) is 13.8. The number of anilines is 4. The van der Waals surface area contributed by atoms with Gasteiger partial charge in [0.25, 0.3) is 0 Å². The zero-order valence-electron chi connectivity index (χ0n) is 23.3. The Morgan fingerprint density at radius 2 is 1.49 bits per heavy atom. The van der Waals surface area contributed by atoms with E-state index in [0.29, 0.717) is 39.8 Å². The normalized spacial score (nSPS) is 10.7. The van der Waals surface area contributed by atoms with Crippen molar-refractivity contribution in [2.24, 2.45) is 0 Å². The highest BCUT2D eigenvalue weighted by Gasteiger charge is 2.22. The smallest absolute Gasteiger partial charge is 0.342 e. The number of aromatic amines is 1. The van der Waals surface area contributed by atoms with Crippen molar-refractivity contribution in [3.05, 3.63) is 121 Å². The Kier molecular flexibility index (Phi) is 7.77. The number of ether oxygens (including phenoxy) is 1. The predicted molar refractivity (Wildman–Crippen MR) is 170 cm³/mol. The number of benzene rings is 4. The number of aromatic nitrogens is 3. The number of hydrogen-bond acceptors (Lipinski definition) is 6. The Morgan fingerprint density at radius 1 is 0.744 bits per heavy atom. The molecule has 0 bridgehead atoms. The molecule has 43 heavy (non-hydrogen) atoms. The van der Waals surface area contributed by atoms with Crippen LogP contribution in [0.1, 0.15) is 17.3 Å². The summed E-state index contributed by atoms with van der Waals surface area (Å²) in [5.41, 5.74) is 4.63. The summed E-state index contributed by atoms with van der Waals surface area (Å²) in [6.07, 6.45) is 1.78. The summed E-state index contributed by atoms with van der Waals surface area (Å²) in [6, 6.07) is 33.9. The van der Waals surface area contributed by atoms with Crippen LogP contribution in [-0.4, -0.2) is 33.8 Å². The molecular weight excluding hydrogens is 540 g/mol. The lowest BCUT2D eigenvalue weighted by Crippen LogP contribution is -2.21. The average Bonchev–Trinajstić information content (AvgIpc) is 3.46. The number of nitrogens with one attached hydrogen (secondary N) is 4. The number of nitrogens with zero attached hydrogens (tertiary/aromatic N) is 2. The van der Waals surface area contributed by atoms with Gasteiger partial charge in [-0.25, -0.2) is 9.59 Å². The maximum absolute atomic E-state index is 13.2. The Hall–Kier alpha value is -5.96. The lowest BCUT2D eigenvalue weighted by molar-refractivity contribution is 0.0528. The molecule has 0 saturated carbocycles. The lowest BCUT2D eigenvalue weighted by atomic mass is 10.00. The minimum atomic E-state index is -0.495. The highest BCUT2D eigenvalue weighted by atomic mass is 16.5. The van der Waals surface area contributed by atoms with E-state index in [2.05, 4.69) is 31.1 Å². The van der Waals surface area contributed by atoms with Crippen molar-refractivity contribution in [2.75, 3.05) is 22.6 Å². The molecule has 2 amide bonds. The number of amides is 2. The fourth-order valence-corrected chi connectivity index (χ4v) is 4.79. The largest absolute Gasteiger partial charge is 0.462 e. The van der Waals surface area contributed by atoms with Gasteiger partial charge in [0.15, 0.2) is 5.82 Å². The number of rotatable bonds is 8. The fourth-order valence-electron chi connectivity index (χ4n) is 4.79. The molecule has 0 atom stereocenters. The lowest BCUT2D eigenvalue weighted by Gasteiger charge is -2.14. The van der Waals surface area contributed by atoms with Gasteiger partial charge in [-0.2, -0.15) is 0 Å². The summed E-state index contributed by atoms with van der Waals surface area (Å²) < 4.78 is 5.42. The summed E-state index contributed by atoms with van der Waals surface area (Å²) in [4.78, 5) is 29.3. The van der Waals surface area contributed by atoms with Gasteiger partial charge in [-0.3, -0.25) is 5.32 Å². The summed E-state index contributed by atoms with van der Waals surface area (Å²) in [6.45, 7) is 2.00. The Bertz CT molecular complexity index is 1900. The highest BCUT2D eigenvalue weighted by molar-refractivity contribution is 6.05. The number of para-hydroxylation sites is 2. The number of fused-ring (bicyclic) bond motifs is 1. The van der Waals surface area contributed by atoms with Crippen LogP contribution in [0.3, 0.4) is 0 Å². The first-order chi connectivity index (χ1) is 21.1. The topological polar surface area (TPSA) is 121 Å². The molecule has 0 aliphatic rings.